The molecular formula is C16H20F3NO2S. The summed E-state index contributed by atoms with van der Waals surface area (Å²) in [5.74, 6) is -0.354. The lowest BCUT2D eigenvalue weighted by Crippen LogP contribution is -2.32. The normalized spacial score (nSPS) is 17.2. The van der Waals surface area contributed by atoms with Gasteiger partial charge in [-0.05, 0) is 30.5 Å². The van der Waals surface area contributed by atoms with E-state index in [0.29, 0.717) is 5.56 Å². The lowest BCUT2D eigenvalue weighted by atomic mass is 10.1. The molecule has 1 unspecified atom stereocenters. The number of carbonyl (C=O) groups excluding carboxylic acids is 1. The summed E-state index contributed by atoms with van der Waals surface area (Å²) in [6.07, 6.45) is -0.535. The molecule has 0 N–H and O–H groups in total. The standard InChI is InChI=1S/C16H20F3NO2S/c1-20(15(21)11-23(22)14-7-2-3-8-14)10-12-5-4-6-13(9-12)16(17,18)19/h4-6,9,14H,2-3,7-8,10-11H2,1H3. The average Bonchev–Trinajstić information content (AvgIpc) is 3.00. The van der Waals surface area contributed by atoms with Gasteiger partial charge in [0.1, 0.15) is 5.75 Å². The minimum atomic E-state index is -4.40. The SMILES string of the molecule is CN(Cc1cccc(C(F)(F)F)c1)C(=O)CS(=O)C1CCCC1. The summed E-state index contributed by atoms with van der Waals surface area (Å²) in [6.45, 7) is 0.0740. The summed E-state index contributed by atoms with van der Waals surface area (Å²) >= 11 is 0. The van der Waals surface area contributed by atoms with Crippen LogP contribution in [0.4, 0.5) is 13.2 Å². The van der Waals surface area contributed by atoms with Crippen LogP contribution in [-0.2, 0) is 28.3 Å². The number of amides is 1. The number of carbonyl (C=O) groups is 1. The molecule has 1 aromatic rings. The van der Waals surface area contributed by atoms with Crippen molar-refractivity contribution in [1.82, 2.24) is 4.90 Å². The van der Waals surface area contributed by atoms with Crippen molar-refractivity contribution < 1.29 is 22.2 Å². The average molecular weight is 347 g/mol. The van der Waals surface area contributed by atoms with Gasteiger partial charge in [-0.3, -0.25) is 9.00 Å². The quantitative estimate of drug-likeness (QED) is 0.819. The van der Waals surface area contributed by atoms with Gasteiger partial charge in [0.2, 0.25) is 5.91 Å². The fourth-order valence-corrected chi connectivity index (χ4v) is 4.27. The zero-order valence-corrected chi connectivity index (χ0v) is 13.8. The Bertz CT molecular complexity index is 583. The van der Waals surface area contributed by atoms with Crippen LogP contribution in [0.2, 0.25) is 0 Å². The van der Waals surface area contributed by atoms with E-state index >= 15 is 0 Å². The van der Waals surface area contributed by atoms with E-state index in [2.05, 4.69) is 0 Å². The van der Waals surface area contributed by atoms with Crippen molar-refractivity contribution >= 4 is 16.7 Å². The molecular weight excluding hydrogens is 327 g/mol. The van der Waals surface area contributed by atoms with Crippen LogP contribution in [-0.4, -0.2) is 33.1 Å². The summed E-state index contributed by atoms with van der Waals surface area (Å²) in [6, 6.07) is 4.91. The molecule has 1 atom stereocenters. The van der Waals surface area contributed by atoms with E-state index in [1.807, 2.05) is 0 Å². The molecule has 0 bridgehead atoms. The Kier molecular flexibility index (Phi) is 5.84. The van der Waals surface area contributed by atoms with Crippen LogP contribution in [0.15, 0.2) is 24.3 Å². The smallest absolute Gasteiger partial charge is 0.341 e. The molecule has 0 aliphatic heterocycles. The first-order valence-corrected chi connectivity index (χ1v) is 8.93. The van der Waals surface area contributed by atoms with E-state index in [9.17, 15) is 22.2 Å². The number of halogens is 3. The second-order valence-electron chi connectivity index (χ2n) is 5.88. The summed E-state index contributed by atoms with van der Waals surface area (Å²) < 4.78 is 50.2. The third-order valence-electron chi connectivity index (χ3n) is 4.04. The van der Waals surface area contributed by atoms with Crippen molar-refractivity contribution in [3.05, 3.63) is 35.4 Å². The molecule has 1 aliphatic carbocycles. The summed E-state index contributed by atoms with van der Waals surface area (Å²) in [4.78, 5) is 13.4. The molecule has 0 radical (unpaired) electrons. The van der Waals surface area contributed by atoms with Crippen molar-refractivity contribution in [2.24, 2.45) is 0 Å². The van der Waals surface area contributed by atoms with Crippen LogP contribution in [0.3, 0.4) is 0 Å². The Morgan fingerprint density at radius 3 is 2.57 bits per heavy atom. The van der Waals surface area contributed by atoms with Crippen LogP contribution in [0.5, 0.6) is 0 Å². The topological polar surface area (TPSA) is 37.4 Å². The molecule has 1 fully saturated rings. The van der Waals surface area contributed by atoms with Gasteiger partial charge in [-0.15, -0.1) is 0 Å². The second kappa shape index (κ2) is 7.47. The molecule has 0 saturated heterocycles. The molecule has 0 spiro atoms. The fraction of sp³-hybridized carbons (Fsp3) is 0.562. The lowest BCUT2D eigenvalue weighted by Gasteiger charge is -2.19. The maximum Gasteiger partial charge on any atom is 0.416 e. The van der Waals surface area contributed by atoms with Gasteiger partial charge in [0.15, 0.2) is 0 Å². The summed E-state index contributed by atoms with van der Waals surface area (Å²) in [5, 5.41) is 0.0842. The van der Waals surface area contributed by atoms with Crippen molar-refractivity contribution in [3.63, 3.8) is 0 Å². The Hall–Kier alpha value is -1.37. The minimum absolute atomic E-state index is 0.0554. The first-order chi connectivity index (χ1) is 10.8. The Balaban J connectivity index is 1.94. The predicted octanol–water partition coefficient (Wildman–Crippen LogP) is 3.36. The Morgan fingerprint density at radius 1 is 1.30 bits per heavy atom. The summed E-state index contributed by atoms with van der Waals surface area (Å²) in [7, 11) is 0.329. The first-order valence-electron chi connectivity index (χ1n) is 7.54. The molecule has 2 rings (SSSR count). The highest BCUT2D eigenvalue weighted by Gasteiger charge is 2.30. The maximum absolute atomic E-state index is 12.7. The van der Waals surface area contributed by atoms with Crippen LogP contribution in [0.25, 0.3) is 0 Å². The van der Waals surface area contributed by atoms with E-state index in [-0.39, 0.29) is 23.5 Å². The monoisotopic (exact) mass is 347 g/mol. The number of hydrogen-bond donors (Lipinski definition) is 0. The molecule has 1 aliphatic rings. The van der Waals surface area contributed by atoms with Crippen molar-refractivity contribution in [2.45, 2.75) is 43.7 Å². The zero-order valence-electron chi connectivity index (χ0n) is 12.9. The fourth-order valence-electron chi connectivity index (χ4n) is 2.71. The number of alkyl halides is 3. The number of benzene rings is 1. The van der Waals surface area contributed by atoms with Gasteiger partial charge in [-0.1, -0.05) is 25.0 Å². The van der Waals surface area contributed by atoms with E-state index in [0.717, 1.165) is 37.8 Å². The largest absolute Gasteiger partial charge is 0.416 e. The van der Waals surface area contributed by atoms with Crippen molar-refractivity contribution in [2.75, 3.05) is 12.8 Å². The van der Waals surface area contributed by atoms with Crippen molar-refractivity contribution in [3.8, 4) is 0 Å². The Labute approximate surface area is 136 Å². The van der Waals surface area contributed by atoms with Gasteiger partial charge in [0.25, 0.3) is 0 Å². The highest BCUT2D eigenvalue weighted by atomic mass is 32.2. The van der Waals surface area contributed by atoms with Gasteiger partial charge in [-0.25, -0.2) is 0 Å². The second-order valence-corrected chi connectivity index (χ2v) is 7.60. The number of hydrogen-bond acceptors (Lipinski definition) is 2. The predicted molar refractivity (Wildman–Crippen MR) is 83.2 cm³/mol. The highest BCUT2D eigenvalue weighted by Crippen LogP contribution is 2.29. The molecule has 0 aromatic heterocycles. The number of rotatable bonds is 5. The molecule has 3 nitrogen and oxygen atoms in total. The van der Waals surface area contributed by atoms with Crippen molar-refractivity contribution in [1.29, 1.82) is 0 Å². The third-order valence-corrected chi connectivity index (χ3v) is 5.79. The molecule has 1 saturated carbocycles. The third kappa shape index (κ3) is 5.06. The van der Waals surface area contributed by atoms with Gasteiger partial charge >= 0.3 is 6.18 Å². The first kappa shape index (κ1) is 18.0. The van der Waals surface area contributed by atoms with Gasteiger partial charge in [-0.2, -0.15) is 13.2 Å². The van der Waals surface area contributed by atoms with E-state index in [1.54, 1.807) is 6.07 Å². The van der Waals surface area contributed by atoms with Crippen LogP contribution in [0, 0.1) is 0 Å². The molecule has 0 heterocycles. The van der Waals surface area contributed by atoms with E-state index < -0.39 is 22.5 Å². The molecule has 128 valence electrons. The van der Waals surface area contributed by atoms with E-state index in [1.165, 1.54) is 18.0 Å². The number of nitrogens with zero attached hydrogens (tertiary/aromatic N) is 1. The molecule has 1 aromatic carbocycles. The van der Waals surface area contributed by atoms with Gasteiger partial charge in [0.05, 0.1) is 5.56 Å². The zero-order chi connectivity index (χ0) is 17.0. The molecule has 1 amide bonds. The van der Waals surface area contributed by atoms with Crippen LogP contribution >= 0.6 is 0 Å². The Morgan fingerprint density at radius 2 is 1.96 bits per heavy atom. The van der Waals surface area contributed by atoms with Gasteiger partial charge in [0, 0.05) is 29.6 Å². The van der Waals surface area contributed by atoms with Crippen LogP contribution < -0.4 is 0 Å². The minimum Gasteiger partial charge on any atom is -0.341 e. The lowest BCUT2D eigenvalue weighted by molar-refractivity contribution is -0.137. The molecule has 7 heteroatoms. The maximum atomic E-state index is 12.7. The van der Waals surface area contributed by atoms with Gasteiger partial charge < -0.3 is 4.90 Å². The summed E-state index contributed by atoms with van der Waals surface area (Å²) in [5.41, 5.74) is -0.326. The van der Waals surface area contributed by atoms with E-state index in [4.69, 9.17) is 0 Å². The molecule has 23 heavy (non-hydrogen) atoms. The van der Waals surface area contributed by atoms with Crippen LogP contribution in [0.1, 0.15) is 36.8 Å². The highest BCUT2D eigenvalue weighted by molar-refractivity contribution is 7.86.